The Labute approximate surface area is 91.9 Å². The van der Waals surface area contributed by atoms with Crippen LogP contribution in [-0.2, 0) is 0 Å². The van der Waals surface area contributed by atoms with Crippen molar-refractivity contribution in [3.8, 4) is 11.5 Å². The van der Waals surface area contributed by atoms with E-state index < -0.39 is 0 Å². The van der Waals surface area contributed by atoms with Gasteiger partial charge >= 0.3 is 0 Å². The Morgan fingerprint density at radius 3 is 2.94 bits per heavy atom. The van der Waals surface area contributed by atoms with Crippen molar-refractivity contribution in [1.82, 2.24) is 15.0 Å². The van der Waals surface area contributed by atoms with E-state index in [4.69, 9.17) is 15.2 Å². The number of aromatic nitrogens is 3. The van der Waals surface area contributed by atoms with Crippen LogP contribution in [0.2, 0.25) is 0 Å². The lowest BCUT2D eigenvalue weighted by Crippen LogP contribution is -2.17. The lowest BCUT2D eigenvalue weighted by Gasteiger charge is -2.08. The van der Waals surface area contributed by atoms with Gasteiger partial charge in [0.05, 0.1) is 11.6 Å². The molecule has 0 aliphatic carbocycles. The average Bonchev–Trinajstić information content (AvgIpc) is 2.90. The molecular formula is C10H12N4O2. The standard InChI is InChI=1S/C10H12N4O2/c1-6(4-11)14-8-3-10-9(15-5-16-10)2-7(8)12-13-14/h2-3,6H,4-5,11H2,1H3. The van der Waals surface area contributed by atoms with Crippen LogP contribution >= 0.6 is 0 Å². The van der Waals surface area contributed by atoms with E-state index in [0.717, 1.165) is 22.5 Å². The summed E-state index contributed by atoms with van der Waals surface area (Å²) < 4.78 is 12.4. The first kappa shape index (κ1) is 9.41. The molecule has 0 radical (unpaired) electrons. The van der Waals surface area contributed by atoms with Gasteiger partial charge in [-0.3, -0.25) is 0 Å². The fourth-order valence-electron chi connectivity index (χ4n) is 1.75. The van der Waals surface area contributed by atoms with Crippen LogP contribution in [0.1, 0.15) is 13.0 Å². The summed E-state index contributed by atoms with van der Waals surface area (Å²) >= 11 is 0. The minimum atomic E-state index is 0.116. The highest BCUT2D eigenvalue weighted by atomic mass is 16.7. The van der Waals surface area contributed by atoms with Gasteiger partial charge in [0.25, 0.3) is 0 Å². The number of hydrogen-bond acceptors (Lipinski definition) is 5. The maximum Gasteiger partial charge on any atom is 0.231 e. The third kappa shape index (κ3) is 1.23. The zero-order valence-electron chi connectivity index (χ0n) is 8.88. The summed E-state index contributed by atoms with van der Waals surface area (Å²) in [6.07, 6.45) is 0. The van der Waals surface area contributed by atoms with Crippen LogP contribution in [0.15, 0.2) is 12.1 Å². The Bertz CT molecular complexity index is 537. The molecule has 0 saturated heterocycles. The van der Waals surface area contributed by atoms with Gasteiger partial charge in [-0.15, -0.1) is 5.10 Å². The first-order chi connectivity index (χ1) is 7.79. The number of ether oxygens (including phenoxy) is 2. The minimum Gasteiger partial charge on any atom is -0.454 e. The van der Waals surface area contributed by atoms with Crippen LogP contribution in [0.25, 0.3) is 11.0 Å². The third-order valence-electron chi connectivity index (χ3n) is 2.72. The molecule has 1 aromatic heterocycles. The molecule has 2 heterocycles. The maximum atomic E-state index is 5.62. The molecule has 1 aromatic carbocycles. The molecular weight excluding hydrogens is 208 g/mol. The van der Waals surface area contributed by atoms with Gasteiger partial charge in [0, 0.05) is 18.7 Å². The van der Waals surface area contributed by atoms with Gasteiger partial charge in [0.1, 0.15) is 5.52 Å². The summed E-state index contributed by atoms with van der Waals surface area (Å²) in [6, 6.07) is 3.85. The molecule has 6 heteroatoms. The van der Waals surface area contributed by atoms with E-state index in [0.29, 0.717) is 6.54 Å². The van der Waals surface area contributed by atoms with Crippen LogP contribution < -0.4 is 15.2 Å². The highest BCUT2D eigenvalue weighted by molar-refractivity contribution is 5.79. The second-order valence-corrected chi connectivity index (χ2v) is 3.81. The van der Waals surface area contributed by atoms with Gasteiger partial charge in [0.2, 0.25) is 6.79 Å². The molecule has 2 aromatic rings. The number of benzene rings is 1. The zero-order valence-corrected chi connectivity index (χ0v) is 8.88. The predicted molar refractivity (Wildman–Crippen MR) is 57.4 cm³/mol. The van der Waals surface area contributed by atoms with Crippen molar-refractivity contribution in [1.29, 1.82) is 0 Å². The van der Waals surface area contributed by atoms with Crippen molar-refractivity contribution in [3.05, 3.63) is 12.1 Å². The normalized spacial score (nSPS) is 15.6. The lowest BCUT2D eigenvalue weighted by molar-refractivity contribution is 0.174. The second kappa shape index (κ2) is 3.34. The van der Waals surface area contributed by atoms with E-state index in [1.165, 1.54) is 0 Å². The summed E-state index contributed by atoms with van der Waals surface area (Å²) in [7, 11) is 0. The number of nitrogens with zero attached hydrogens (tertiary/aromatic N) is 3. The SMILES string of the molecule is CC(CN)n1nnc2cc3c(cc21)OCO3. The van der Waals surface area contributed by atoms with E-state index in [2.05, 4.69) is 10.3 Å². The van der Waals surface area contributed by atoms with Crippen LogP contribution in [0.4, 0.5) is 0 Å². The molecule has 1 aliphatic rings. The topological polar surface area (TPSA) is 75.2 Å². The Balaban J connectivity index is 2.19. The summed E-state index contributed by atoms with van der Waals surface area (Å²) in [4.78, 5) is 0. The molecule has 1 atom stereocenters. The van der Waals surface area contributed by atoms with E-state index in [9.17, 15) is 0 Å². The van der Waals surface area contributed by atoms with E-state index in [-0.39, 0.29) is 12.8 Å². The van der Waals surface area contributed by atoms with Crippen molar-refractivity contribution in [3.63, 3.8) is 0 Å². The predicted octanol–water partition coefficient (Wildman–Crippen LogP) is 0.680. The van der Waals surface area contributed by atoms with Crippen LogP contribution in [0.3, 0.4) is 0 Å². The Kier molecular flexibility index (Phi) is 1.97. The van der Waals surface area contributed by atoms with Crippen molar-refractivity contribution in [2.24, 2.45) is 5.73 Å². The van der Waals surface area contributed by atoms with Crippen LogP contribution in [0.5, 0.6) is 11.5 Å². The van der Waals surface area contributed by atoms with Crippen LogP contribution in [0, 0.1) is 0 Å². The van der Waals surface area contributed by atoms with Crippen molar-refractivity contribution in [2.45, 2.75) is 13.0 Å². The van der Waals surface area contributed by atoms with Crippen molar-refractivity contribution in [2.75, 3.05) is 13.3 Å². The monoisotopic (exact) mass is 220 g/mol. The smallest absolute Gasteiger partial charge is 0.231 e. The van der Waals surface area contributed by atoms with Gasteiger partial charge in [-0.1, -0.05) is 5.21 Å². The van der Waals surface area contributed by atoms with Crippen molar-refractivity contribution >= 4 is 11.0 Å². The van der Waals surface area contributed by atoms with Gasteiger partial charge in [-0.2, -0.15) is 0 Å². The fraction of sp³-hybridized carbons (Fsp3) is 0.400. The molecule has 0 amide bonds. The number of nitrogens with two attached hydrogens (primary N) is 1. The Morgan fingerprint density at radius 1 is 1.44 bits per heavy atom. The minimum absolute atomic E-state index is 0.116. The Morgan fingerprint density at radius 2 is 2.19 bits per heavy atom. The molecule has 3 rings (SSSR count). The van der Waals surface area contributed by atoms with E-state index >= 15 is 0 Å². The molecule has 0 fully saturated rings. The second-order valence-electron chi connectivity index (χ2n) is 3.81. The fourth-order valence-corrected chi connectivity index (χ4v) is 1.75. The maximum absolute atomic E-state index is 5.62. The van der Waals surface area contributed by atoms with Gasteiger partial charge in [-0.25, -0.2) is 4.68 Å². The largest absolute Gasteiger partial charge is 0.454 e. The highest BCUT2D eigenvalue weighted by Gasteiger charge is 2.18. The van der Waals surface area contributed by atoms with Crippen LogP contribution in [-0.4, -0.2) is 28.3 Å². The molecule has 1 unspecified atom stereocenters. The first-order valence-corrected chi connectivity index (χ1v) is 5.14. The molecule has 84 valence electrons. The molecule has 0 spiro atoms. The zero-order chi connectivity index (χ0) is 11.1. The number of fused-ring (bicyclic) bond motifs is 2. The quantitative estimate of drug-likeness (QED) is 0.805. The molecule has 1 aliphatic heterocycles. The van der Waals surface area contributed by atoms with Gasteiger partial charge in [0.15, 0.2) is 11.5 Å². The lowest BCUT2D eigenvalue weighted by atomic mass is 10.2. The summed E-state index contributed by atoms with van der Waals surface area (Å²) in [5.41, 5.74) is 7.34. The molecule has 0 saturated carbocycles. The third-order valence-corrected chi connectivity index (χ3v) is 2.72. The molecule has 16 heavy (non-hydrogen) atoms. The van der Waals surface area contributed by atoms with E-state index in [1.807, 2.05) is 19.1 Å². The summed E-state index contributed by atoms with van der Waals surface area (Å²) in [6.45, 7) is 2.79. The van der Waals surface area contributed by atoms with E-state index in [1.54, 1.807) is 4.68 Å². The average molecular weight is 220 g/mol. The van der Waals surface area contributed by atoms with Gasteiger partial charge < -0.3 is 15.2 Å². The first-order valence-electron chi connectivity index (χ1n) is 5.14. The Hall–Kier alpha value is -1.82. The number of hydrogen-bond donors (Lipinski definition) is 1. The molecule has 0 bridgehead atoms. The molecule has 2 N–H and O–H groups in total. The summed E-state index contributed by atoms with van der Waals surface area (Å²) in [5, 5.41) is 8.17. The highest BCUT2D eigenvalue weighted by Crippen LogP contribution is 2.35. The van der Waals surface area contributed by atoms with Crippen molar-refractivity contribution < 1.29 is 9.47 Å². The van der Waals surface area contributed by atoms with Gasteiger partial charge in [-0.05, 0) is 6.92 Å². The number of rotatable bonds is 2. The summed E-state index contributed by atoms with van der Waals surface area (Å²) in [5.74, 6) is 1.46. The molecule has 6 nitrogen and oxygen atoms in total.